The molecule has 0 aliphatic rings. The van der Waals surface area contributed by atoms with Crippen LogP contribution < -0.4 is 10.6 Å². The molecule has 2 aromatic heterocycles. The zero-order chi connectivity index (χ0) is 16.1. The summed E-state index contributed by atoms with van der Waals surface area (Å²) in [6.45, 7) is 1.53. The lowest BCUT2D eigenvalue weighted by atomic mass is 10.2. The van der Waals surface area contributed by atoms with Gasteiger partial charge in [0.1, 0.15) is 11.3 Å². The second-order valence-electron chi connectivity index (χ2n) is 5.54. The van der Waals surface area contributed by atoms with Crippen molar-refractivity contribution in [2.45, 2.75) is 13.0 Å². The predicted octanol–water partition coefficient (Wildman–Crippen LogP) is 2.68. The number of benzene rings is 1. The first-order chi connectivity index (χ1) is 11.2. The molecule has 2 heterocycles. The maximum absolute atomic E-state index is 5.81. The molecule has 0 amide bonds. The van der Waals surface area contributed by atoms with Crippen LogP contribution in [0.2, 0.25) is 0 Å². The van der Waals surface area contributed by atoms with Crippen LogP contribution in [0.1, 0.15) is 11.3 Å². The first-order valence-electron chi connectivity index (χ1n) is 7.77. The minimum absolute atomic E-state index is 0.755. The van der Waals surface area contributed by atoms with Gasteiger partial charge >= 0.3 is 0 Å². The summed E-state index contributed by atoms with van der Waals surface area (Å²) in [5.74, 6) is 1.78. The average Bonchev–Trinajstić information content (AvgIpc) is 3.16. The Morgan fingerprint density at radius 2 is 2.09 bits per heavy atom. The molecular formula is C18H22N4O. The number of aliphatic imine (C=N–C) groups is 1. The van der Waals surface area contributed by atoms with E-state index >= 15 is 0 Å². The maximum Gasteiger partial charge on any atom is 0.191 e. The van der Waals surface area contributed by atoms with E-state index in [2.05, 4.69) is 40.0 Å². The molecule has 23 heavy (non-hydrogen) atoms. The Labute approximate surface area is 136 Å². The Morgan fingerprint density at radius 3 is 2.83 bits per heavy atom. The molecule has 0 saturated carbocycles. The molecule has 0 fully saturated rings. The van der Waals surface area contributed by atoms with Crippen molar-refractivity contribution in [1.29, 1.82) is 0 Å². The van der Waals surface area contributed by atoms with E-state index < -0.39 is 0 Å². The molecule has 5 nitrogen and oxygen atoms in total. The first kappa shape index (κ1) is 15.2. The summed E-state index contributed by atoms with van der Waals surface area (Å²) in [6, 6.07) is 12.3. The minimum atomic E-state index is 0.755. The van der Waals surface area contributed by atoms with Crippen LogP contribution in [0.4, 0.5) is 0 Å². The van der Waals surface area contributed by atoms with Gasteiger partial charge in [-0.2, -0.15) is 0 Å². The normalized spacial score (nSPS) is 11.8. The predicted molar refractivity (Wildman–Crippen MR) is 93.5 cm³/mol. The van der Waals surface area contributed by atoms with Crippen LogP contribution in [0, 0.1) is 0 Å². The van der Waals surface area contributed by atoms with Crippen LogP contribution in [0.5, 0.6) is 0 Å². The maximum atomic E-state index is 5.81. The Morgan fingerprint density at radius 1 is 1.22 bits per heavy atom. The Kier molecular flexibility index (Phi) is 4.66. The van der Waals surface area contributed by atoms with Gasteiger partial charge in [-0.1, -0.05) is 18.2 Å². The number of nitrogens with zero attached hydrogens (tertiary/aromatic N) is 2. The number of aromatic nitrogens is 1. The van der Waals surface area contributed by atoms with E-state index in [9.17, 15) is 0 Å². The lowest BCUT2D eigenvalue weighted by Crippen LogP contribution is -2.37. The molecule has 0 bridgehead atoms. The van der Waals surface area contributed by atoms with Crippen LogP contribution in [-0.2, 0) is 20.0 Å². The van der Waals surface area contributed by atoms with Gasteiger partial charge in [0.15, 0.2) is 5.96 Å². The SMILES string of the molecule is CN=C(NCCc1cc2ccccc2o1)NCc1ccn(C)c1. The zero-order valence-electron chi connectivity index (χ0n) is 13.5. The highest BCUT2D eigenvalue weighted by molar-refractivity contribution is 5.80. The lowest BCUT2D eigenvalue weighted by molar-refractivity contribution is 0.544. The van der Waals surface area contributed by atoms with Crippen LogP contribution >= 0.6 is 0 Å². The summed E-state index contributed by atoms with van der Waals surface area (Å²) in [7, 11) is 3.80. The highest BCUT2D eigenvalue weighted by Gasteiger charge is 2.04. The molecule has 0 atom stereocenters. The number of furan rings is 1. The first-order valence-corrected chi connectivity index (χ1v) is 7.77. The molecule has 3 rings (SSSR count). The Balaban J connectivity index is 1.48. The van der Waals surface area contributed by atoms with E-state index in [1.807, 2.05) is 36.0 Å². The number of rotatable bonds is 5. The summed E-state index contributed by atoms with van der Waals surface area (Å²) >= 11 is 0. The van der Waals surface area contributed by atoms with Gasteiger partial charge < -0.3 is 19.6 Å². The number of guanidine groups is 1. The van der Waals surface area contributed by atoms with Crippen molar-refractivity contribution in [3.05, 3.63) is 60.1 Å². The van der Waals surface area contributed by atoms with Crippen LogP contribution in [0.3, 0.4) is 0 Å². The van der Waals surface area contributed by atoms with Crippen LogP contribution in [0.15, 0.2) is 58.2 Å². The molecule has 0 radical (unpaired) electrons. The third-order valence-corrected chi connectivity index (χ3v) is 3.72. The number of nitrogens with one attached hydrogen (secondary N) is 2. The summed E-state index contributed by atoms with van der Waals surface area (Å²) in [5.41, 5.74) is 2.17. The summed E-state index contributed by atoms with van der Waals surface area (Å²) in [6.07, 6.45) is 4.95. The number of para-hydroxylation sites is 1. The van der Waals surface area contributed by atoms with Gasteiger partial charge in [0.25, 0.3) is 0 Å². The largest absolute Gasteiger partial charge is 0.461 e. The van der Waals surface area contributed by atoms with Crippen molar-refractivity contribution < 1.29 is 4.42 Å². The topological polar surface area (TPSA) is 54.5 Å². The molecule has 5 heteroatoms. The van der Waals surface area contributed by atoms with E-state index in [0.29, 0.717) is 0 Å². The van der Waals surface area contributed by atoms with Crippen LogP contribution in [0.25, 0.3) is 11.0 Å². The molecule has 120 valence electrons. The van der Waals surface area contributed by atoms with Crippen molar-refractivity contribution in [1.82, 2.24) is 15.2 Å². The molecule has 0 spiro atoms. The Hall–Kier alpha value is -2.69. The van der Waals surface area contributed by atoms with Gasteiger partial charge in [-0.05, 0) is 23.8 Å². The second kappa shape index (κ2) is 7.05. The van der Waals surface area contributed by atoms with Gasteiger partial charge in [0, 0.05) is 51.4 Å². The fourth-order valence-corrected chi connectivity index (χ4v) is 2.54. The quantitative estimate of drug-likeness (QED) is 0.563. The minimum Gasteiger partial charge on any atom is -0.461 e. The summed E-state index contributed by atoms with van der Waals surface area (Å²) in [4.78, 5) is 4.24. The van der Waals surface area contributed by atoms with Gasteiger partial charge in [-0.15, -0.1) is 0 Å². The lowest BCUT2D eigenvalue weighted by Gasteiger charge is -2.10. The molecule has 0 unspecified atom stereocenters. The van der Waals surface area contributed by atoms with Gasteiger partial charge in [0.2, 0.25) is 0 Å². The molecular weight excluding hydrogens is 288 g/mol. The summed E-state index contributed by atoms with van der Waals surface area (Å²) < 4.78 is 7.85. The van der Waals surface area contributed by atoms with Gasteiger partial charge in [-0.25, -0.2) is 0 Å². The van der Waals surface area contributed by atoms with Crippen molar-refractivity contribution in [3.8, 4) is 0 Å². The highest BCUT2D eigenvalue weighted by Crippen LogP contribution is 2.18. The van der Waals surface area contributed by atoms with Crippen molar-refractivity contribution in [2.75, 3.05) is 13.6 Å². The van der Waals surface area contributed by atoms with Crippen molar-refractivity contribution in [2.24, 2.45) is 12.0 Å². The van der Waals surface area contributed by atoms with Crippen LogP contribution in [-0.4, -0.2) is 24.1 Å². The third-order valence-electron chi connectivity index (χ3n) is 3.72. The molecule has 2 N–H and O–H groups in total. The zero-order valence-corrected chi connectivity index (χ0v) is 13.5. The number of fused-ring (bicyclic) bond motifs is 1. The third kappa shape index (κ3) is 3.94. The average molecular weight is 310 g/mol. The highest BCUT2D eigenvalue weighted by atomic mass is 16.3. The van der Waals surface area contributed by atoms with E-state index in [4.69, 9.17) is 4.42 Å². The molecule has 0 aliphatic carbocycles. The fraction of sp³-hybridized carbons (Fsp3) is 0.278. The summed E-state index contributed by atoms with van der Waals surface area (Å²) in [5, 5.41) is 7.77. The van der Waals surface area contributed by atoms with E-state index in [-0.39, 0.29) is 0 Å². The molecule has 3 aromatic rings. The number of hydrogen-bond donors (Lipinski definition) is 2. The fourth-order valence-electron chi connectivity index (χ4n) is 2.54. The van der Waals surface area contributed by atoms with E-state index in [0.717, 1.165) is 42.2 Å². The van der Waals surface area contributed by atoms with E-state index in [1.54, 1.807) is 7.05 Å². The standard InChI is InChI=1S/C18H22N4O/c1-19-18(21-12-14-8-10-22(2)13-14)20-9-7-16-11-15-5-3-4-6-17(15)23-16/h3-6,8,10-11,13H,7,9,12H2,1-2H3,(H2,19,20,21). The van der Waals surface area contributed by atoms with Gasteiger partial charge in [-0.3, -0.25) is 4.99 Å². The Bertz CT molecular complexity index is 767. The monoisotopic (exact) mass is 310 g/mol. The van der Waals surface area contributed by atoms with E-state index in [1.165, 1.54) is 5.56 Å². The molecule has 0 aliphatic heterocycles. The molecule has 1 aromatic carbocycles. The number of hydrogen-bond acceptors (Lipinski definition) is 2. The van der Waals surface area contributed by atoms with Gasteiger partial charge in [0.05, 0.1) is 0 Å². The smallest absolute Gasteiger partial charge is 0.191 e. The van der Waals surface area contributed by atoms with Crippen molar-refractivity contribution in [3.63, 3.8) is 0 Å². The number of aryl methyl sites for hydroxylation is 1. The van der Waals surface area contributed by atoms with Crippen molar-refractivity contribution >= 4 is 16.9 Å². The second-order valence-corrected chi connectivity index (χ2v) is 5.54. The molecule has 0 saturated heterocycles.